The van der Waals surface area contributed by atoms with E-state index in [0.717, 1.165) is 42.4 Å². The van der Waals surface area contributed by atoms with Gasteiger partial charge in [-0.1, -0.05) is 30.2 Å². The summed E-state index contributed by atoms with van der Waals surface area (Å²) < 4.78 is 13.5. The third-order valence-corrected chi connectivity index (χ3v) is 5.39. The highest BCUT2D eigenvalue weighted by molar-refractivity contribution is 6.35. The molecule has 4 rings (SSSR count). The summed E-state index contributed by atoms with van der Waals surface area (Å²) in [7, 11) is 0. The van der Waals surface area contributed by atoms with Crippen LogP contribution in [0.1, 0.15) is 36.4 Å². The lowest BCUT2D eigenvalue weighted by Gasteiger charge is -2.35. The van der Waals surface area contributed by atoms with Crippen LogP contribution in [0, 0.1) is 5.82 Å². The van der Waals surface area contributed by atoms with Gasteiger partial charge in [-0.2, -0.15) is 0 Å². The molecule has 3 nitrogen and oxygen atoms in total. The van der Waals surface area contributed by atoms with Crippen molar-refractivity contribution in [1.29, 1.82) is 0 Å². The average Bonchev–Trinajstić information content (AvgIpc) is 2.68. The van der Waals surface area contributed by atoms with Crippen LogP contribution in [0.2, 0.25) is 5.02 Å². The highest BCUT2D eigenvalue weighted by Gasteiger charge is 2.28. The van der Waals surface area contributed by atoms with Gasteiger partial charge in [0.2, 0.25) is 0 Å². The normalized spacial score (nSPS) is 16.7. The van der Waals surface area contributed by atoms with Gasteiger partial charge < -0.3 is 5.11 Å². The summed E-state index contributed by atoms with van der Waals surface area (Å²) in [6.07, 6.45) is 5.07. The van der Waals surface area contributed by atoms with E-state index in [-0.39, 0.29) is 17.6 Å². The van der Waals surface area contributed by atoms with E-state index in [2.05, 4.69) is 9.88 Å². The molecule has 3 aromatic rings. The van der Waals surface area contributed by atoms with Crippen molar-refractivity contribution in [2.45, 2.75) is 25.3 Å². The minimum atomic E-state index is -0.270. The summed E-state index contributed by atoms with van der Waals surface area (Å²) >= 11 is 6.50. The number of aromatic nitrogens is 1. The monoisotopic (exact) mass is 370 g/mol. The number of fused-ring (bicyclic) bond motifs is 1. The molecule has 0 amide bonds. The van der Waals surface area contributed by atoms with Gasteiger partial charge in [-0.3, -0.25) is 9.88 Å². The molecule has 1 aliphatic rings. The molecule has 134 valence electrons. The molecule has 1 atom stereocenters. The van der Waals surface area contributed by atoms with Crippen molar-refractivity contribution in [3.63, 3.8) is 0 Å². The first-order valence-electron chi connectivity index (χ1n) is 8.91. The summed E-state index contributed by atoms with van der Waals surface area (Å²) in [4.78, 5) is 6.65. The third-order valence-electron chi connectivity index (χ3n) is 5.08. The van der Waals surface area contributed by atoms with Gasteiger partial charge in [-0.15, -0.1) is 0 Å². The largest absolute Gasteiger partial charge is 0.505 e. The van der Waals surface area contributed by atoms with Crippen molar-refractivity contribution in [3.05, 3.63) is 70.6 Å². The number of likely N-dealkylation sites (tertiary alicyclic amines) is 1. The molecular formula is C21H20ClFN2O. The molecule has 1 aromatic heterocycles. The Morgan fingerprint density at radius 3 is 2.54 bits per heavy atom. The van der Waals surface area contributed by atoms with E-state index < -0.39 is 0 Å². The van der Waals surface area contributed by atoms with E-state index in [1.54, 1.807) is 24.4 Å². The first-order valence-corrected chi connectivity index (χ1v) is 9.28. The number of phenolic OH excluding ortho intramolecular Hbond substituents is 1. The molecule has 1 N–H and O–H groups in total. The maximum atomic E-state index is 13.5. The van der Waals surface area contributed by atoms with Crippen molar-refractivity contribution in [2.75, 3.05) is 13.1 Å². The SMILES string of the molecule is Oc1c([C@H](c2ccc(F)cc2)N2CCCCC2)cc(Cl)c2cccnc12. The molecule has 0 unspecified atom stereocenters. The van der Waals surface area contributed by atoms with Crippen LogP contribution < -0.4 is 0 Å². The highest BCUT2D eigenvalue weighted by Crippen LogP contribution is 2.41. The van der Waals surface area contributed by atoms with E-state index in [9.17, 15) is 9.50 Å². The van der Waals surface area contributed by atoms with Crippen molar-refractivity contribution in [1.82, 2.24) is 9.88 Å². The van der Waals surface area contributed by atoms with Gasteiger partial charge in [0, 0.05) is 17.1 Å². The van der Waals surface area contributed by atoms with Crippen LogP contribution in [0.5, 0.6) is 5.75 Å². The van der Waals surface area contributed by atoms with E-state index in [0.29, 0.717) is 10.5 Å². The van der Waals surface area contributed by atoms with Gasteiger partial charge in [0.25, 0.3) is 0 Å². The number of benzene rings is 2. The first kappa shape index (κ1) is 17.3. The molecule has 0 aliphatic carbocycles. The summed E-state index contributed by atoms with van der Waals surface area (Å²) in [5.74, 6) is -0.126. The van der Waals surface area contributed by atoms with Crippen LogP contribution in [0.4, 0.5) is 4.39 Å². The molecule has 26 heavy (non-hydrogen) atoms. The van der Waals surface area contributed by atoms with Crippen molar-refractivity contribution in [3.8, 4) is 5.75 Å². The Morgan fingerprint density at radius 1 is 1.08 bits per heavy atom. The molecule has 2 heterocycles. The maximum Gasteiger partial charge on any atom is 0.147 e. The molecule has 1 fully saturated rings. The molecule has 2 aromatic carbocycles. The number of hydrogen-bond acceptors (Lipinski definition) is 3. The Labute approximate surface area is 157 Å². The standard InChI is InChI=1S/C21H20ClFN2O/c22-18-13-17(21(26)19-16(18)5-4-10-24-19)20(25-11-2-1-3-12-25)14-6-8-15(23)9-7-14/h4-10,13,20,26H,1-3,11-12H2/t20-/m0/s1. The van der Waals surface area contributed by atoms with Gasteiger partial charge >= 0.3 is 0 Å². The minimum absolute atomic E-state index is 0.143. The zero-order valence-corrected chi connectivity index (χ0v) is 15.1. The minimum Gasteiger partial charge on any atom is -0.505 e. The van der Waals surface area contributed by atoms with Gasteiger partial charge in [0.15, 0.2) is 0 Å². The zero-order valence-electron chi connectivity index (χ0n) is 14.3. The van der Waals surface area contributed by atoms with Crippen LogP contribution in [0.3, 0.4) is 0 Å². The Balaban J connectivity index is 1.89. The van der Waals surface area contributed by atoms with E-state index in [1.807, 2.05) is 12.1 Å². The maximum absolute atomic E-state index is 13.5. The smallest absolute Gasteiger partial charge is 0.147 e. The quantitative estimate of drug-likeness (QED) is 0.678. The van der Waals surface area contributed by atoms with E-state index in [1.165, 1.54) is 18.6 Å². The summed E-state index contributed by atoms with van der Waals surface area (Å²) in [6, 6.07) is 11.8. The predicted molar refractivity (Wildman–Crippen MR) is 102 cm³/mol. The Hall–Kier alpha value is -2.17. The van der Waals surface area contributed by atoms with Gasteiger partial charge in [0.1, 0.15) is 17.1 Å². The molecule has 0 spiro atoms. The molecule has 0 saturated carbocycles. The van der Waals surface area contributed by atoms with Gasteiger partial charge in [-0.05, 0) is 61.8 Å². The second kappa shape index (κ2) is 7.22. The topological polar surface area (TPSA) is 36.4 Å². The second-order valence-electron chi connectivity index (χ2n) is 6.75. The Kier molecular flexibility index (Phi) is 4.79. The van der Waals surface area contributed by atoms with Crippen LogP contribution in [0.25, 0.3) is 10.9 Å². The lowest BCUT2D eigenvalue weighted by Crippen LogP contribution is -2.34. The number of nitrogens with zero attached hydrogens (tertiary/aromatic N) is 2. The summed E-state index contributed by atoms with van der Waals surface area (Å²) in [5.41, 5.74) is 2.16. The first-order chi connectivity index (χ1) is 12.6. The molecular weight excluding hydrogens is 351 g/mol. The molecule has 1 saturated heterocycles. The lowest BCUT2D eigenvalue weighted by molar-refractivity contribution is 0.185. The molecule has 0 radical (unpaired) electrons. The Morgan fingerprint density at radius 2 is 1.81 bits per heavy atom. The molecule has 5 heteroatoms. The predicted octanol–water partition coefficient (Wildman–Crippen LogP) is 5.31. The van der Waals surface area contributed by atoms with E-state index >= 15 is 0 Å². The van der Waals surface area contributed by atoms with Crippen LogP contribution in [-0.2, 0) is 0 Å². The van der Waals surface area contributed by atoms with Crippen molar-refractivity contribution < 1.29 is 9.50 Å². The summed E-state index contributed by atoms with van der Waals surface area (Å²) in [6.45, 7) is 1.86. The fourth-order valence-corrected chi connectivity index (χ4v) is 4.09. The molecule has 1 aliphatic heterocycles. The number of phenols is 1. The van der Waals surface area contributed by atoms with Crippen LogP contribution in [-0.4, -0.2) is 28.1 Å². The number of rotatable bonds is 3. The highest BCUT2D eigenvalue weighted by atomic mass is 35.5. The zero-order chi connectivity index (χ0) is 18.1. The van der Waals surface area contributed by atoms with E-state index in [4.69, 9.17) is 11.6 Å². The van der Waals surface area contributed by atoms with Crippen LogP contribution in [0.15, 0.2) is 48.7 Å². The van der Waals surface area contributed by atoms with Crippen molar-refractivity contribution in [2.24, 2.45) is 0 Å². The number of hydrogen-bond donors (Lipinski definition) is 1. The van der Waals surface area contributed by atoms with Gasteiger partial charge in [-0.25, -0.2) is 4.39 Å². The number of piperidine rings is 1. The second-order valence-corrected chi connectivity index (χ2v) is 7.15. The number of halogens is 2. The summed E-state index contributed by atoms with van der Waals surface area (Å²) in [5, 5.41) is 12.3. The van der Waals surface area contributed by atoms with Gasteiger partial charge in [0.05, 0.1) is 11.1 Å². The third kappa shape index (κ3) is 3.15. The van der Waals surface area contributed by atoms with Crippen molar-refractivity contribution >= 4 is 22.5 Å². The average molecular weight is 371 g/mol. The van der Waals surface area contributed by atoms with Crippen LogP contribution >= 0.6 is 11.6 Å². The fourth-order valence-electron chi connectivity index (χ4n) is 3.82. The lowest BCUT2D eigenvalue weighted by atomic mass is 9.93. The molecule has 0 bridgehead atoms. The Bertz CT molecular complexity index is 923. The number of aromatic hydroxyl groups is 1. The number of pyridine rings is 1. The fraction of sp³-hybridized carbons (Fsp3) is 0.286.